The fourth-order valence-electron chi connectivity index (χ4n) is 1.06. The highest BCUT2D eigenvalue weighted by molar-refractivity contribution is 6.05. The molecule has 0 radical (unpaired) electrons. The highest BCUT2D eigenvalue weighted by Gasteiger charge is 2.12. The third-order valence-electron chi connectivity index (χ3n) is 1.72. The number of carbonyl (C=O) groups excluding carboxylic acids is 1. The number of hydrogen-bond acceptors (Lipinski definition) is 3. The molecule has 3 N–H and O–H groups in total. The molecule has 0 amide bonds. The number of carboxylic acids is 1. The Morgan fingerprint density at radius 1 is 1.31 bits per heavy atom. The van der Waals surface area contributed by atoms with Gasteiger partial charge in [0.25, 0.3) is 0 Å². The van der Waals surface area contributed by atoms with Crippen molar-refractivity contribution in [2.24, 2.45) is 0 Å². The molecule has 0 aliphatic carbocycles. The van der Waals surface area contributed by atoms with Crippen molar-refractivity contribution in [3.05, 3.63) is 29.3 Å². The minimum Gasteiger partial charge on any atom is -0.478 e. The van der Waals surface area contributed by atoms with Gasteiger partial charge in [-0.15, -0.1) is 0 Å². The van der Waals surface area contributed by atoms with E-state index in [-0.39, 0.29) is 22.6 Å². The van der Waals surface area contributed by atoms with Crippen LogP contribution in [0.3, 0.4) is 0 Å². The summed E-state index contributed by atoms with van der Waals surface area (Å²) in [5, 5.41) is 8.68. The van der Waals surface area contributed by atoms with E-state index in [4.69, 9.17) is 10.8 Å². The van der Waals surface area contributed by atoms with Gasteiger partial charge in [0.2, 0.25) is 0 Å². The second-order valence-corrected chi connectivity index (χ2v) is 2.63. The summed E-state index contributed by atoms with van der Waals surface area (Å²) in [6, 6.07) is 4.37. The first-order valence-electron chi connectivity index (χ1n) is 3.66. The van der Waals surface area contributed by atoms with Gasteiger partial charge < -0.3 is 10.8 Å². The molecule has 0 aliphatic rings. The largest absolute Gasteiger partial charge is 0.478 e. The van der Waals surface area contributed by atoms with Crippen LogP contribution in [0.1, 0.15) is 27.6 Å². The van der Waals surface area contributed by atoms with Crippen molar-refractivity contribution in [2.75, 3.05) is 5.73 Å². The van der Waals surface area contributed by atoms with Crippen LogP contribution in [0, 0.1) is 0 Å². The first-order chi connectivity index (χ1) is 6.04. The number of carbonyl (C=O) groups is 2. The zero-order valence-corrected chi connectivity index (χ0v) is 7.07. The minimum atomic E-state index is -1.12. The molecule has 0 spiro atoms. The summed E-state index contributed by atoms with van der Waals surface area (Å²) < 4.78 is 0. The van der Waals surface area contributed by atoms with Crippen molar-refractivity contribution >= 4 is 17.4 Å². The highest BCUT2D eigenvalue weighted by Crippen LogP contribution is 2.17. The number of nitrogens with two attached hydrogens (primary N) is 1. The number of hydrogen-bond donors (Lipinski definition) is 2. The zero-order valence-electron chi connectivity index (χ0n) is 7.07. The van der Waals surface area contributed by atoms with Crippen LogP contribution in [-0.4, -0.2) is 16.9 Å². The lowest BCUT2D eigenvalue weighted by Gasteiger charge is -2.04. The smallest absolute Gasteiger partial charge is 0.337 e. The van der Waals surface area contributed by atoms with Gasteiger partial charge in [-0.05, 0) is 19.1 Å². The molecule has 0 aliphatic heterocycles. The van der Waals surface area contributed by atoms with Crippen LogP contribution in [0.5, 0.6) is 0 Å². The fraction of sp³-hybridized carbons (Fsp3) is 0.111. The second-order valence-electron chi connectivity index (χ2n) is 2.63. The van der Waals surface area contributed by atoms with Crippen LogP contribution in [0.4, 0.5) is 5.69 Å². The summed E-state index contributed by atoms with van der Waals surface area (Å²) in [5.74, 6) is -1.36. The lowest BCUT2D eigenvalue weighted by molar-refractivity contribution is 0.0698. The molecule has 13 heavy (non-hydrogen) atoms. The Labute approximate surface area is 75.0 Å². The van der Waals surface area contributed by atoms with E-state index in [1.807, 2.05) is 0 Å². The van der Waals surface area contributed by atoms with E-state index >= 15 is 0 Å². The Hall–Kier alpha value is -1.84. The number of Topliss-reactive ketones (excluding diaryl/α,β-unsaturated/α-hetero) is 1. The number of carboxylic acid groups (broad SMARTS) is 1. The topological polar surface area (TPSA) is 80.4 Å². The molecule has 0 heterocycles. The molecule has 0 unspecified atom stereocenters. The van der Waals surface area contributed by atoms with E-state index in [9.17, 15) is 9.59 Å². The van der Waals surface area contributed by atoms with Gasteiger partial charge in [0, 0.05) is 5.56 Å². The lowest BCUT2D eigenvalue weighted by Crippen LogP contribution is -2.07. The van der Waals surface area contributed by atoms with Crippen molar-refractivity contribution in [1.82, 2.24) is 0 Å². The van der Waals surface area contributed by atoms with Crippen LogP contribution in [0.2, 0.25) is 0 Å². The summed E-state index contributed by atoms with van der Waals surface area (Å²) in [6.45, 7) is 1.34. The number of rotatable bonds is 2. The number of aromatic carboxylic acids is 1. The van der Waals surface area contributed by atoms with E-state index in [1.165, 1.54) is 25.1 Å². The van der Waals surface area contributed by atoms with Gasteiger partial charge in [-0.25, -0.2) is 4.79 Å². The van der Waals surface area contributed by atoms with Crippen LogP contribution in [0.15, 0.2) is 18.2 Å². The third kappa shape index (κ3) is 1.66. The van der Waals surface area contributed by atoms with Gasteiger partial charge in [0.1, 0.15) is 0 Å². The first-order valence-corrected chi connectivity index (χ1v) is 3.66. The zero-order chi connectivity index (χ0) is 10.0. The molecule has 0 aromatic heterocycles. The molecule has 1 aromatic rings. The Kier molecular flexibility index (Phi) is 2.32. The Balaban J connectivity index is 3.35. The monoisotopic (exact) mass is 179 g/mol. The number of para-hydroxylation sites is 1. The summed E-state index contributed by atoms with van der Waals surface area (Å²) in [5.41, 5.74) is 5.73. The molecule has 1 aromatic carbocycles. The van der Waals surface area contributed by atoms with Crippen LogP contribution < -0.4 is 5.73 Å². The Morgan fingerprint density at radius 2 is 1.85 bits per heavy atom. The van der Waals surface area contributed by atoms with E-state index < -0.39 is 5.97 Å². The van der Waals surface area contributed by atoms with Gasteiger partial charge >= 0.3 is 5.97 Å². The average Bonchev–Trinajstić information content (AvgIpc) is 2.03. The third-order valence-corrected chi connectivity index (χ3v) is 1.72. The van der Waals surface area contributed by atoms with Gasteiger partial charge in [-0.1, -0.05) is 6.07 Å². The fourth-order valence-corrected chi connectivity index (χ4v) is 1.06. The van der Waals surface area contributed by atoms with Crippen LogP contribution in [0.25, 0.3) is 0 Å². The molecular formula is C9H9NO3. The summed E-state index contributed by atoms with van der Waals surface area (Å²) in [7, 11) is 0. The van der Waals surface area contributed by atoms with Crippen molar-refractivity contribution in [3.8, 4) is 0 Å². The van der Waals surface area contributed by atoms with Gasteiger partial charge in [0.15, 0.2) is 5.78 Å². The average molecular weight is 179 g/mol. The molecule has 0 saturated heterocycles. The Bertz CT molecular complexity index is 339. The maximum atomic E-state index is 11.0. The molecule has 0 saturated carbocycles. The maximum absolute atomic E-state index is 11.0. The maximum Gasteiger partial charge on any atom is 0.337 e. The molecule has 4 heteroatoms. The van der Waals surface area contributed by atoms with Gasteiger partial charge in [-0.2, -0.15) is 0 Å². The summed E-state index contributed by atoms with van der Waals surface area (Å²) in [4.78, 5) is 21.6. The standard InChI is InChI=1S/C9H9NO3/c1-5(11)6-3-2-4-7(8(6)10)9(12)13/h2-4H,10H2,1H3,(H,12,13). The normalized spacial score (nSPS) is 9.62. The van der Waals surface area contributed by atoms with Crippen LogP contribution >= 0.6 is 0 Å². The van der Waals surface area contributed by atoms with Crippen molar-refractivity contribution in [2.45, 2.75) is 6.92 Å². The van der Waals surface area contributed by atoms with Crippen molar-refractivity contribution in [3.63, 3.8) is 0 Å². The highest BCUT2D eigenvalue weighted by atomic mass is 16.4. The van der Waals surface area contributed by atoms with E-state index in [0.717, 1.165) is 0 Å². The van der Waals surface area contributed by atoms with Gasteiger partial charge in [-0.3, -0.25) is 4.79 Å². The van der Waals surface area contributed by atoms with Crippen molar-refractivity contribution < 1.29 is 14.7 Å². The number of benzene rings is 1. The van der Waals surface area contributed by atoms with E-state index in [1.54, 1.807) is 0 Å². The molecule has 68 valence electrons. The first kappa shape index (κ1) is 9.25. The quantitative estimate of drug-likeness (QED) is 0.527. The minimum absolute atomic E-state index is 0.0301. The number of ketones is 1. The second kappa shape index (κ2) is 3.26. The SMILES string of the molecule is CC(=O)c1cccc(C(=O)O)c1N. The lowest BCUT2D eigenvalue weighted by atomic mass is 10.0. The van der Waals surface area contributed by atoms with Crippen LogP contribution in [-0.2, 0) is 0 Å². The predicted octanol–water partition coefficient (Wildman–Crippen LogP) is 1.17. The number of nitrogen functional groups attached to an aromatic ring is 1. The predicted molar refractivity (Wildman–Crippen MR) is 47.8 cm³/mol. The molecule has 1 rings (SSSR count). The van der Waals surface area contributed by atoms with E-state index in [0.29, 0.717) is 0 Å². The Morgan fingerprint density at radius 3 is 2.31 bits per heavy atom. The molecule has 0 fully saturated rings. The molecule has 0 atom stereocenters. The molecular weight excluding hydrogens is 170 g/mol. The number of anilines is 1. The van der Waals surface area contributed by atoms with Gasteiger partial charge in [0.05, 0.1) is 11.3 Å². The molecule has 0 bridgehead atoms. The summed E-state index contributed by atoms with van der Waals surface area (Å²) in [6.07, 6.45) is 0. The van der Waals surface area contributed by atoms with Crippen molar-refractivity contribution in [1.29, 1.82) is 0 Å². The van der Waals surface area contributed by atoms with E-state index in [2.05, 4.69) is 0 Å². The molecule has 4 nitrogen and oxygen atoms in total. The summed E-state index contributed by atoms with van der Waals surface area (Å²) >= 11 is 0.